The Morgan fingerprint density at radius 3 is 2.69 bits per heavy atom. The van der Waals surface area contributed by atoms with Crippen LogP contribution in [0.3, 0.4) is 0 Å². The van der Waals surface area contributed by atoms with Gasteiger partial charge in [-0.15, -0.1) is 11.3 Å². The Morgan fingerprint density at radius 2 is 1.93 bits per heavy atom. The van der Waals surface area contributed by atoms with E-state index in [2.05, 4.69) is 28.1 Å². The first-order chi connectivity index (χ1) is 14.1. The van der Waals surface area contributed by atoms with Crippen LogP contribution in [0.5, 0.6) is 0 Å². The number of nitrogens with two attached hydrogens (primary N) is 1. The Balaban J connectivity index is 1.84. The molecule has 1 radical (unpaired) electrons. The van der Waals surface area contributed by atoms with E-state index in [1.165, 1.54) is 4.88 Å². The molecule has 0 saturated heterocycles. The molecule has 141 valence electrons. The highest BCUT2D eigenvalue weighted by Crippen LogP contribution is 2.36. The van der Waals surface area contributed by atoms with E-state index in [4.69, 9.17) is 17.3 Å². The maximum absolute atomic E-state index is 12.1. The van der Waals surface area contributed by atoms with Gasteiger partial charge in [-0.05, 0) is 59.0 Å². The van der Waals surface area contributed by atoms with Crippen molar-refractivity contribution in [1.29, 1.82) is 0 Å². The topological polar surface area (TPSA) is 48.0 Å². The van der Waals surface area contributed by atoms with E-state index in [-0.39, 0.29) is 0 Å². The van der Waals surface area contributed by atoms with Gasteiger partial charge in [0, 0.05) is 32.8 Å². The first-order valence-corrected chi connectivity index (χ1v) is 10.4. The number of aromatic nitrogens is 1. The third kappa shape index (κ3) is 3.01. The van der Waals surface area contributed by atoms with E-state index in [9.17, 15) is 4.79 Å². The maximum Gasteiger partial charge on any atom is 0.249 e. The molecule has 2 aromatic heterocycles. The standard InChI is InChI=1S/C24H16ClN2OS/c25-19-7-2-1-5-16(19)14-27-20-8-3-6-18(24(26)28)23(20)17-11-10-15(13-21(17)27)22-9-4-12-29-22/h1-10,12-13H,14H2,(H2,26,28). The van der Waals surface area contributed by atoms with Crippen molar-refractivity contribution in [3.8, 4) is 10.4 Å². The number of benzene rings is 3. The SMILES string of the molecule is NC(=O)c1cccc2c1c1[c]cc(-c3cccs3)cc1n2Cc1ccccc1Cl. The maximum atomic E-state index is 12.1. The first-order valence-electron chi connectivity index (χ1n) is 9.17. The van der Waals surface area contributed by atoms with E-state index >= 15 is 0 Å². The van der Waals surface area contributed by atoms with Gasteiger partial charge in [-0.25, -0.2) is 0 Å². The van der Waals surface area contributed by atoms with Gasteiger partial charge in [0.25, 0.3) is 0 Å². The summed E-state index contributed by atoms with van der Waals surface area (Å²) in [5.41, 5.74) is 10.2. The molecule has 1 amide bonds. The van der Waals surface area contributed by atoms with Crippen LogP contribution in [0.4, 0.5) is 0 Å². The number of carbonyl (C=O) groups excluding carboxylic acids is 1. The lowest BCUT2D eigenvalue weighted by Gasteiger charge is -2.10. The zero-order valence-electron chi connectivity index (χ0n) is 15.4. The summed E-state index contributed by atoms with van der Waals surface area (Å²) >= 11 is 8.13. The van der Waals surface area contributed by atoms with E-state index in [1.807, 2.05) is 48.5 Å². The highest BCUT2D eigenvalue weighted by atomic mass is 35.5. The lowest BCUT2D eigenvalue weighted by atomic mass is 10.0. The van der Waals surface area contributed by atoms with Gasteiger partial charge in [0.1, 0.15) is 0 Å². The molecule has 5 rings (SSSR count). The molecule has 0 saturated carbocycles. The molecule has 2 N–H and O–H groups in total. The average molecular weight is 416 g/mol. The van der Waals surface area contributed by atoms with E-state index in [0.29, 0.717) is 17.1 Å². The molecule has 0 fully saturated rings. The van der Waals surface area contributed by atoms with Crippen molar-refractivity contribution in [2.75, 3.05) is 0 Å². The van der Waals surface area contributed by atoms with E-state index < -0.39 is 5.91 Å². The Labute approximate surface area is 177 Å². The number of halogens is 1. The van der Waals surface area contributed by atoms with Crippen LogP contribution >= 0.6 is 22.9 Å². The van der Waals surface area contributed by atoms with Crippen LogP contribution in [0, 0.1) is 6.07 Å². The molecule has 5 aromatic rings. The smallest absolute Gasteiger partial charge is 0.249 e. The van der Waals surface area contributed by atoms with Gasteiger partial charge >= 0.3 is 0 Å². The second-order valence-corrected chi connectivity index (χ2v) is 8.22. The van der Waals surface area contributed by atoms with E-state index in [1.54, 1.807) is 17.4 Å². The number of nitrogens with zero attached hydrogens (tertiary/aromatic N) is 1. The van der Waals surface area contributed by atoms with Crippen LogP contribution in [-0.4, -0.2) is 10.5 Å². The van der Waals surface area contributed by atoms with Crippen LogP contribution < -0.4 is 5.73 Å². The van der Waals surface area contributed by atoms with Crippen molar-refractivity contribution in [3.05, 3.63) is 94.3 Å². The molecule has 0 unspecified atom stereocenters. The first kappa shape index (κ1) is 18.0. The van der Waals surface area contributed by atoms with Gasteiger partial charge in [-0.2, -0.15) is 0 Å². The van der Waals surface area contributed by atoms with Crippen molar-refractivity contribution in [3.63, 3.8) is 0 Å². The van der Waals surface area contributed by atoms with Crippen molar-refractivity contribution in [2.45, 2.75) is 6.54 Å². The molecule has 3 nitrogen and oxygen atoms in total. The van der Waals surface area contributed by atoms with E-state index in [0.717, 1.165) is 32.9 Å². The van der Waals surface area contributed by atoms with Crippen LogP contribution in [-0.2, 0) is 6.54 Å². The fraction of sp³-hybridized carbons (Fsp3) is 0.0417. The third-order valence-corrected chi connectivity index (χ3v) is 6.44. The lowest BCUT2D eigenvalue weighted by Crippen LogP contribution is -2.11. The van der Waals surface area contributed by atoms with Gasteiger partial charge in [-0.3, -0.25) is 4.79 Å². The molecule has 0 atom stereocenters. The third-order valence-electron chi connectivity index (χ3n) is 5.15. The van der Waals surface area contributed by atoms with Gasteiger partial charge in [-0.1, -0.05) is 41.9 Å². The summed E-state index contributed by atoms with van der Waals surface area (Å²) in [6.45, 7) is 0.587. The van der Waals surface area contributed by atoms with Gasteiger partial charge in [0.15, 0.2) is 0 Å². The zero-order chi connectivity index (χ0) is 20.0. The second kappa shape index (κ2) is 7.07. The summed E-state index contributed by atoms with van der Waals surface area (Å²) in [6, 6.07) is 25.1. The second-order valence-electron chi connectivity index (χ2n) is 6.87. The van der Waals surface area contributed by atoms with Crippen molar-refractivity contribution >= 4 is 50.7 Å². The molecule has 0 aliphatic carbocycles. The predicted molar refractivity (Wildman–Crippen MR) is 121 cm³/mol. The normalized spacial score (nSPS) is 11.3. The van der Waals surface area contributed by atoms with Crippen molar-refractivity contribution < 1.29 is 4.79 Å². The Kier molecular flexibility index (Phi) is 4.38. The fourth-order valence-corrected chi connectivity index (χ4v) is 4.72. The Morgan fingerprint density at radius 1 is 1.07 bits per heavy atom. The molecular weight excluding hydrogens is 400 g/mol. The minimum atomic E-state index is -0.442. The molecule has 29 heavy (non-hydrogen) atoms. The van der Waals surface area contributed by atoms with Crippen LogP contribution in [0.15, 0.2) is 72.1 Å². The summed E-state index contributed by atoms with van der Waals surface area (Å²) in [7, 11) is 0. The minimum absolute atomic E-state index is 0.442. The number of rotatable bonds is 4. The summed E-state index contributed by atoms with van der Waals surface area (Å²) in [4.78, 5) is 13.3. The monoisotopic (exact) mass is 415 g/mol. The lowest BCUT2D eigenvalue weighted by molar-refractivity contribution is 0.100. The molecule has 5 heteroatoms. The number of hydrogen-bond acceptors (Lipinski definition) is 2. The summed E-state index contributed by atoms with van der Waals surface area (Å²) < 4.78 is 2.19. The van der Waals surface area contributed by atoms with Gasteiger partial charge in [0.05, 0.1) is 11.0 Å². The van der Waals surface area contributed by atoms with Crippen LogP contribution in [0.25, 0.3) is 32.2 Å². The number of carbonyl (C=O) groups is 1. The van der Waals surface area contributed by atoms with Crippen LogP contribution in [0.2, 0.25) is 5.02 Å². The molecule has 3 aromatic carbocycles. The highest BCUT2D eigenvalue weighted by Gasteiger charge is 2.18. The molecule has 2 heterocycles. The largest absolute Gasteiger partial charge is 0.366 e. The number of thiophene rings is 1. The Bertz CT molecular complexity index is 1370. The average Bonchev–Trinajstić information content (AvgIpc) is 3.36. The Hall–Kier alpha value is -3.08. The number of amides is 1. The minimum Gasteiger partial charge on any atom is -0.366 e. The quantitative estimate of drug-likeness (QED) is 0.377. The molecule has 0 spiro atoms. The number of hydrogen-bond donors (Lipinski definition) is 1. The molecular formula is C24H16ClN2OS. The zero-order valence-corrected chi connectivity index (χ0v) is 16.9. The summed E-state index contributed by atoms with van der Waals surface area (Å²) in [5, 5.41) is 4.50. The predicted octanol–water partition coefficient (Wildman–Crippen LogP) is 6.12. The highest BCUT2D eigenvalue weighted by molar-refractivity contribution is 7.13. The molecule has 0 bridgehead atoms. The molecule has 0 aliphatic heterocycles. The van der Waals surface area contributed by atoms with Crippen molar-refractivity contribution in [2.24, 2.45) is 5.73 Å². The fourth-order valence-electron chi connectivity index (χ4n) is 3.81. The van der Waals surface area contributed by atoms with Gasteiger partial charge < -0.3 is 10.3 Å². The summed E-state index contributed by atoms with van der Waals surface area (Å²) in [6.07, 6.45) is 0. The van der Waals surface area contributed by atoms with Crippen LogP contribution in [0.1, 0.15) is 15.9 Å². The van der Waals surface area contributed by atoms with Gasteiger partial charge in [0.2, 0.25) is 5.91 Å². The number of primary amides is 1. The number of fused-ring (bicyclic) bond motifs is 3. The molecule has 0 aliphatic rings. The van der Waals surface area contributed by atoms with Crippen molar-refractivity contribution in [1.82, 2.24) is 4.57 Å². The summed E-state index contributed by atoms with van der Waals surface area (Å²) in [5.74, 6) is -0.442.